The normalized spacial score (nSPS) is 13.6. The van der Waals surface area contributed by atoms with Crippen LogP contribution in [0.5, 0.6) is 0 Å². The Morgan fingerprint density at radius 1 is 1.06 bits per heavy atom. The highest BCUT2D eigenvalue weighted by Crippen LogP contribution is 2.35. The Hall–Kier alpha value is -4.06. The Labute approximate surface area is 191 Å². The maximum atomic E-state index is 13.6. The van der Waals surface area contributed by atoms with E-state index in [9.17, 15) is 9.18 Å². The number of aromatic nitrogens is 2. The van der Waals surface area contributed by atoms with Crippen LogP contribution in [-0.4, -0.2) is 36.1 Å². The molecule has 0 bridgehead atoms. The third-order valence-corrected chi connectivity index (χ3v) is 5.88. The van der Waals surface area contributed by atoms with Crippen LogP contribution in [0.1, 0.15) is 22.5 Å². The van der Waals surface area contributed by atoms with Crippen molar-refractivity contribution in [3.63, 3.8) is 0 Å². The summed E-state index contributed by atoms with van der Waals surface area (Å²) in [6, 6.07) is 19.7. The van der Waals surface area contributed by atoms with Crippen LogP contribution < -0.4 is 4.90 Å². The number of nitrogens with zero attached hydrogens (tertiary/aromatic N) is 3. The lowest BCUT2D eigenvalue weighted by molar-refractivity contribution is 0.0601. The van der Waals surface area contributed by atoms with Gasteiger partial charge in [0.05, 0.1) is 35.3 Å². The number of carbonyl (C=O) groups excluding carboxylic acids is 1. The molecule has 0 spiro atoms. The summed E-state index contributed by atoms with van der Waals surface area (Å²) in [4.78, 5) is 23.7. The van der Waals surface area contributed by atoms with E-state index in [4.69, 9.17) is 9.72 Å². The van der Waals surface area contributed by atoms with E-state index in [1.54, 1.807) is 30.5 Å². The smallest absolute Gasteiger partial charge is 0.337 e. The van der Waals surface area contributed by atoms with Crippen LogP contribution in [0.25, 0.3) is 27.7 Å². The second-order valence-electron chi connectivity index (χ2n) is 7.90. The van der Waals surface area contributed by atoms with Gasteiger partial charge in [0.15, 0.2) is 0 Å². The van der Waals surface area contributed by atoms with E-state index in [0.717, 1.165) is 46.5 Å². The molecule has 0 atom stereocenters. The number of rotatable bonds is 4. The number of benzene rings is 2. The number of esters is 1. The molecule has 2 aromatic heterocycles. The van der Waals surface area contributed by atoms with Gasteiger partial charge in [-0.15, -0.1) is 0 Å². The average molecular weight is 439 g/mol. The highest BCUT2D eigenvalue weighted by Gasteiger charge is 2.20. The summed E-state index contributed by atoms with van der Waals surface area (Å²) >= 11 is 0. The molecule has 0 aliphatic carbocycles. The first-order chi connectivity index (χ1) is 16.1. The van der Waals surface area contributed by atoms with Crippen molar-refractivity contribution in [1.82, 2.24) is 9.97 Å². The molecule has 1 aliphatic heterocycles. The van der Waals surface area contributed by atoms with Gasteiger partial charge in [-0.25, -0.2) is 14.2 Å². The highest BCUT2D eigenvalue weighted by molar-refractivity contribution is 5.97. The number of halogens is 1. The molecule has 5 nitrogen and oxygen atoms in total. The molecule has 0 fully saturated rings. The van der Waals surface area contributed by atoms with Crippen LogP contribution in [0, 0.1) is 5.82 Å². The molecule has 0 saturated carbocycles. The van der Waals surface area contributed by atoms with Crippen molar-refractivity contribution in [3.8, 4) is 11.3 Å². The van der Waals surface area contributed by atoms with Crippen molar-refractivity contribution in [1.29, 1.82) is 0 Å². The zero-order valence-electron chi connectivity index (χ0n) is 18.2. The van der Waals surface area contributed by atoms with E-state index in [0.29, 0.717) is 12.1 Å². The van der Waals surface area contributed by atoms with Crippen LogP contribution in [0.4, 0.5) is 10.1 Å². The molecule has 0 saturated heterocycles. The Kier molecular flexibility index (Phi) is 5.57. The van der Waals surface area contributed by atoms with Gasteiger partial charge < -0.3 is 9.64 Å². The minimum atomic E-state index is -0.387. The molecule has 1 aliphatic rings. The summed E-state index contributed by atoms with van der Waals surface area (Å²) in [5.74, 6) is -0.674. The number of anilines is 1. The molecule has 33 heavy (non-hydrogen) atoms. The summed E-state index contributed by atoms with van der Waals surface area (Å²) in [6.45, 7) is 1.49. The monoisotopic (exact) mass is 439 g/mol. The molecule has 6 heteroatoms. The highest BCUT2D eigenvalue weighted by atomic mass is 19.1. The number of carbonyl (C=O) groups is 1. The lowest BCUT2D eigenvalue weighted by atomic mass is 10.0. The van der Waals surface area contributed by atoms with E-state index in [1.807, 2.05) is 30.3 Å². The molecular weight excluding hydrogens is 417 g/mol. The summed E-state index contributed by atoms with van der Waals surface area (Å²) in [7, 11) is 1.37. The zero-order valence-corrected chi connectivity index (χ0v) is 18.2. The van der Waals surface area contributed by atoms with Gasteiger partial charge in [0.2, 0.25) is 0 Å². The number of hydrogen-bond donors (Lipinski definition) is 0. The molecule has 0 radical (unpaired) electrons. The Morgan fingerprint density at radius 3 is 2.61 bits per heavy atom. The molecule has 0 N–H and O–H groups in total. The first kappa shape index (κ1) is 20.8. The number of methoxy groups -OCH3 is 1. The van der Waals surface area contributed by atoms with Gasteiger partial charge in [0.1, 0.15) is 5.82 Å². The van der Waals surface area contributed by atoms with Gasteiger partial charge >= 0.3 is 5.97 Å². The van der Waals surface area contributed by atoms with E-state index in [-0.39, 0.29) is 11.8 Å². The molecule has 164 valence electrons. The van der Waals surface area contributed by atoms with E-state index >= 15 is 0 Å². The Bertz CT molecular complexity index is 1350. The van der Waals surface area contributed by atoms with E-state index in [1.165, 1.54) is 24.8 Å². The maximum absolute atomic E-state index is 13.6. The van der Waals surface area contributed by atoms with Gasteiger partial charge in [-0.1, -0.05) is 12.1 Å². The summed E-state index contributed by atoms with van der Waals surface area (Å²) in [5.41, 5.74) is 6.00. The fourth-order valence-corrected chi connectivity index (χ4v) is 4.14. The van der Waals surface area contributed by atoms with Crippen molar-refractivity contribution < 1.29 is 13.9 Å². The molecule has 4 aromatic rings. The molecule has 2 aromatic carbocycles. The van der Waals surface area contributed by atoms with Gasteiger partial charge in [-0.2, -0.15) is 0 Å². The third-order valence-electron chi connectivity index (χ3n) is 5.88. The van der Waals surface area contributed by atoms with Gasteiger partial charge in [-0.3, -0.25) is 4.98 Å². The van der Waals surface area contributed by atoms with Crippen molar-refractivity contribution in [2.24, 2.45) is 0 Å². The van der Waals surface area contributed by atoms with Crippen LogP contribution in [0.2, 0.25) is 0 Å². The number of pyridine rings is 2. The zero-order chi connectivity index (χ0) is 22.8. The van der Waals surface area contributed by atoms with Crippen LogP contribution in [-0.2, 0) is 4.74 Å². The Balaban J connectivity index is 1.59. The largest absolute Gasteiger partial charge is 0.465 e. The first-order valence-corrected chi connectivity index (χ1v) is 10.8. The van der Waals surface area contributed by atoms with Gasteiger partial charge in [0.25, 0.3) is 0 Å². The summed E-state index contributed by atoms with van der Waals surface area (Å²) in [6.07, 6.45) is 4.84. The van der Waals surface area contributed by atoms with Crippen molar-refractivity contribution >= 4 is 28.1 Å². The van der Waals surface area contributed by atoms with Crippen LogP contribution in [0.3, 0.4) is 0 Å². The fraction of sp³-hybridized carbons (Fsp3) is 0.148. The maximum Gasteiger partial charge on any atom is 0.337 e. The average Bonchev–Trinajstić information content (AvgIpc) is 2.88. The minimum absolute atomic E-state index is 0.287. The molecular formula is C27H22FN3O2. The predicted octanol–water partition coefficient (Wildman–Crippen LogP) is 5.52. The van der Waals surface area contributed by atoms with Crippen molar-refractivity contribution in [2.75, 3.05) is 25.1 Å². The van der Waals surface area contributed by atoms with Gasteiger partial charge in [-0.05, 0) is 72.7 Å². The van der Waals surface area contributed by atoms with Crippen molar-refractivity contribution in [3.05, 3.63) is 96.1 Å². The van der Waals surface area contributed by atoms with Crippen molar-refractivity contribution in [2.45, 2.75) is 6.42 Å². The predicted molar refractivity (Wildman–Crippen MR) is 128 cm³/mol. The molecule has 0 amide bonds. The summed E-state index contributed by atoms with van der Waals surface area (Å²) in [5, 5.41) is 0.846. The number of ether oxygens (including phenoxy) is 1. The second-order valence-corrected chi connectivity index (χ2v) is 7.90. The van der Waals surface area contributed by atoms with E-state index in [2.05, 4.69) is 16.0 Å². The lowest BCUT2D eigenvalue weighted by Gasteiger charge is -2.30. The summed E-state index contributed by atoms with van der Waals surface area (Å²) < 4.78 is 18.5. The third kappa shape index (κ3) is 4.20. The quantitative estimate of drug-likeness (QED) is 0.392. The topological polar surface area (TPSA) is 55.3 Å². The minimum Gasteiger partial charge on any atom is -0.465 e. The molecule has 5 rings (SSSR count). The van der Waals surface area contributed by atoms with E-state index < -0.39 is 0 Å². The number of hydrogen-bond acceptors (Lipinski definition) is 5. The fourth-order valence-electron chi connectivity index (χ4n) is 4.14. The lowest BCUT2D eigenvalue weighted by Crippen LogP contribution is -2.29. The first-order valence-electron chi connectivity index (χ1n) is 10.8. The van der Waals surface area contributed by atoms with Gasteiger partial charge in [0, 0.05) is 30.2 Å². The standard InChI is InChI=1S/C27H22FN3O2/c1-33-27(32)20-7-10-24-21(16-20)17-25(26(30-24)19-5-8-22(28)9-6-19)31-14-11-18(12-15-31)23-4-2-3-13-29-23/h2-11,13,16-17H,12,14-15H2,1H3. The molecule has 3 heterocycles. The second kappa shape index (κ2) is 8.82. The van der Waals surface area contributed by atoms with Crippen LogP contribution in [0.15, 0.2) is 79.0 Å². The molecule has 0 unspecified atom stereocenters. The number of fused-ring (bicyclic) bond motifs is 1. The SMILES string of the molecule is COC(=O)c1ccc2nc(-c3ccc(F)cc3)c(N3CC=C(c4ccccn4)CC3)cc2c1. The van der Waals surface area contributed by atoms with Crippen LogP contribution >= 0.6 is 0 Å². The Morgan fingerprint density at radius 2 is 1.91 bits per heavy atom.